The summed E-state index contributed by atoms with van der Waals surface area (Å²) in [6.07, 6.45) is -4.34. The van der Waals surface area contributed by atoms with Gasteiger partial charge in [-0.3, -0.25) is 0 Å². The van der Waals surface area contributed by atoms with E-state index in [0.717, 1.165) is 23.3 Å². The van der Waals surface area contributed by atoms with Crippen LogP contribution in [0.5, 0.6) is 11.5 Å². The molecule has 2 nitrogen and oxygen atoms in total. The van der Waals surface area contributed by atoms with E-state index in [4.69, 9.17) is 10.5 Å². The topological polar surface area (TPSA) is 35.2 Å². The van der Waals surface area contributed by atoms with Crippen LogP contribution in [-0.4, -0.2) is 0 Å². The molecule has 0 saturated carbocycles. The van der Waals surface area contributed by atoms with Crippen molar-refractivity contribution in [3.8, 4) is 11.5 Å². The minimum absolute atomic E-state index is 0.302. The first-order valence-corrected chi connectivity index (χ1v) is 6.05. The van der Waals surface area contributed by atoms with Crippen molar-refractivity contribution in [2.24, 2.45) is 5.73 Å². The average molecular weight is 281 g/mol. The number of alkyl halides is 3. The van der Waals surface area contributed by atoms with Gasteiger partial charge in [0.25, 0.3) is 0 Å². The lowest BCUT2D eigenvalue weighted by Gasteiger charge is -2.12. The van der Waals surface area contributed by atoms with Crippen LogP contribution in [0.3, 0.4) is 0 Å². The minimum Gasteiger partial charge on any atom is -0.457 e. The van der Waals surface area contributed by atoms with Crippen molar-refractivity contribution in [2.45, 2.75) is 19.6 Å². The van der Waals surface area contributed by atoms with Crippen molar-refractivity contribution in [2.75, 3.05) is 0 Å². The molecule has 0 spiro atoms. The van der Waals surface area contributed by atoms with Crippen LogP contribution in [0.4, 0.5) is 13.2 Å². The van der Waals surface area contributed by atoms with E-state index in [0.29, 0.717) is 18.0 Å². The van der Waals surface area contributed by atoms with Gasteiger partial charge in [0.2, 0.25) is 0 Å². The molecule has 5 heteroatoms. The molecule has 2 aromatic rings. The molecular formula is C15H14F3NO. The first-order chi connectivity index (χ1) is 9.40. The number of halogens is 3. The van der Waals surface area contributed by atoms with Gasteiger partial charge in [-0.25, -0.2) is 0 Å². The van der Waals surface area contributed by atoms with Gasteiger partial charge >= 0.3 is 6.18 Å². The highest BCUT2D eigenvalue weighted by atomic mass is 19.4. The Hall–Kier alpha value is -2.01. The molecule has 0 aliphatic heterocycles. The van der Waals surface area contributed by atoms with Gasteiger partial charge < -0.3 is 10.5 Å². The van der Waals surface area contributed by atoms with Crippen molar-refractivity contribution in [3.05, 3.63) is 59.2 Å². The molecule has 0 unspecified atom stereocenters. The fourth-order valence-electron chi connectivity index (χ4n) is 1.76. The highest BCUT2D eigenvalue weighted by molar-refractivity contribution is 5.41. The second-order valence-corrected chi connectivity index (χ2v) is 4.44. The number of rotatable bonds is 3. The van der Waals surface area contributed by atoms with Gasteiger partial charge in [-0.1, -0.05) is 12.1 Å². The lowest BCUT2D eigenvalue weighted by atomic mass is 10.1. The van der Waals surface area contributed by atoms with Crippen LogP contribution >= 0.6 is 0 Å². The van der Waals surface area contributed by atoms with Gasteiger partial charge in [0.15, 0.2) is 0 Å². The Morgan fingerprint density at radius 3 is 2.25 bits per heavy atom. The number of hydrogen-bond donors (Lipinski definition) is 1. The van der Waals surface area contributed by atoms with Crippen LogP contribution in [0.15, 0.2) is 42.5 Å². The van der Waals surface area contributed by atoms with E-state index in [1.54, 1.807) is 6.07 Å². The quantitative estimate of drug-likeness (QED) is 0.912. The Bertz CT molecular complexity index is 591. The molecule has 0 fully saturated rings. The monoisotopic (exact) mass is 281 g/mol. The first kappa shape index (κ1) is 14.4. The van der Waals surface area contributed by atoms with Crippen LogP contribution in [0.2, 0.25) is 0 Å². The summed E-state index contributed by atoms with van der Waals surface area (Å²) >= 11 is 0. The van der Waals surface area contributed by atoms with Gasteiger partial charge in [-0.2, -0.15) is 13.2 Å². The fraction of sp³-hybridized carbons (Fsp3) is 0.200. The summed E-state index contributed by atoms with van der Waals surface area (Å²) in [5.41, 5.74) is 6.70. The van der Waals surface area contributed by atoms with Gasteiger partial charge in [0.1, 0.15) is 11.5 Å². The van der Waals surface area contributed by atoms with Crippen molar-refractivity contribution < 1.29 is 17.9 Å². The van der Waals surface area contributed by atoms with Crippen LogP contribution in [-0.2, 0) is 12.7 Å². The van der Waals surface area contributed by atoms with Crippen LogP contribution in [0, 0.1) is 6.92 Å². The van der Waals surface area contributed by atoms with Gasteiger partial charge in [-0.05, 0) is 42.8 Å². The van der Waals surface area contributed by atoms with E-state index in [1.807, 2.05) is 19.1 Å². The predicted octanol–water partition coefficient (Wildman–Crippen LogP) is 4.26. The molecule has 0 atom stereocenters. The molecule has 0 aliphatic carbocycles. The van der Waals surface area contributed by atoms with Gasteiger partial charge in [0, 0.05) is 12.1 Å². The Morgan fingerprint density at radius 1 is 1.05 bits per heavy atom. The van der Waals surface area contributed by atoms with Crippen molar-refractivity contribution in [3.63, 3.8) is 0 Å². The van der Waals surface area contributed by atoms with Crippen molar-refractivity contribution in [1.29, 1.82) is 0 Å². The van der Waals surface area contributed by atoms with E-state index >= 15 is 0 Å². The molecule has 0 aliphatic rings. The summed E-state index contributed by atoms with van der Waals surface area (Å²) in [7, 11) is 0. The highest BCUT2D eigenvalue weighted by Gasteiger charge is 2.30. The summed E-state index contributed by atoms with van der Waals surface area (Å²) in [5, 5.41) is 0. The zero-order valence-corrected chi connectivity index (χ0v) is 10.9. The summed E-state index contributed by atoms with van der Waals surface area (Å²) in [6, 6.07) is 10.1. The molecular weight excluding hydrogens is 267 g/mol. The first-order valence-electron chi connectivity index (χ1n) is 6.05. The van der Waals surface area contributed by atoms with E-state index < -0.39 is 11.7 Å². The van der Waals surface area contributed by atoms with E-state index in [1.165, 1.54) is 12.1 Å². The number of hydrogen-bond acceptors (Lipinski definition) is 2. The third-order valence-electron chi connectivity index (χ3n) is 2.85. The van der Waals surface area contributed by atoms with E-state index in [9.17, 15) is 13.2 Å². The largest absolute Gasteiger partial charge is 0.457 e. The molecule has 2 rings (SSSR count). The third-order valence-corrected chi connectivity index (χ3v) is 2.85. The minimum atomic E-state index is -4.34. The maximum Gasteiger partial charge on any atom is 0.416 e. The molecule has 20 heavy (non-hydrogen) atoms. The molecule has 0 heterocycles. The summed E-state index contributed by atoms with van der Waals surface area (Å²) in [5.74, 6) is 0.908. The fourth-order valence-corrected chi connectivity index (χ4v) is 1.76. The Balaban J connectivity index is 2.24. The smallest absolute Gasteiger partial charge is 0.416 e. The lowest BCUT2D eigenvalue weighted by Crippen LogP contribution is -2.04. The van der Waals surface area contributed by atoms with Crippen LogP contribution < -0.4 is 10.5 Å². The third kappa shape index (κ3) is 3.30. The molecule has 0 radical (unpaired) electrons. The molecule has 0 amide bonds. The van der Waals surface area contributed by atoms with Crippen LogP contribution in [0.1, 0.15) is 16.7 Å². The zero-order valence-electron chi connectivity index (χ0n) is 10.9. The van der Waals surface area contributed by atoms with Crippen LogP contribution in [0.25, 0.3) is 0 Å². The molecule has 0 aromatic heterocycles. The second kappa shape index (κ2) is 5.54. The number of aryl methyl sites for hydroxylation is 1. The number of ether oxygens (including phenoxy) is 1. The normalized spacial score (nSPS) is 11.4. The molecule has 106 valence electrons. The Kier molecular flexibility index (Phi) is 3.99. The van der Waals surface area contributed by atoms with Crippen molar-refractivity contribution >= 4 is 0 Å². The lowest BCUT2D eigenvalue weighted by molar-refractivity contribution is -0.137. The van der Waals surface area contributed by atoms with Gasteiger partial charge in [-0.15, -0.1) is 0 Å². The standard InChI is InChI=1S/C15H14F3NO/c1-10-2-3-11(9-19)14(8-10)20-13-6-4-12(5-7-13)15(16,17)18/h2-8H,9,19H2,1H3. The van der Waals surface area contributed by atoms with E-state index in [2.05, 4.69) is 0 Å². The summed E-state index contributed by atoms with van der Waals surface area (Å²) in [4.78, 5) is 0. The SMILES string of the molecule is Cc1ccc(CN)c(Oc2ccc(C(F)(F)F)cc2)c1. The summed E-state index contributed by atoms with van der Waals surface area (Å²) < 4.78 is 43.0. The Labute approximate surface area is 115 Å². The average Bonchev–Trinajstić information content (AvgIpc) is 2.38. The summed E-state index contributed by atoms with van der Waals surface area (Å²) in [6.45, 7) is 2.20. The van der Waals surface area contributed by atoms with Crippen molar-refractivity contribution in [1.82, 2.24) is 0 Å². The number of benzene rings is 2. The molecule has 0 saturated heterocycles. The predicted molar refractivity (Wildman–Crippen MR) is 70.6 cm³/mol. The van der Waals surface area contributed by atoms with E-state index in [-0.39, 0.29) is 0 Å². The molecule has 2 aromatic carbocycles. The maximum absolute atomic E-state index is 12.5. The molecule has 0 bridgehead atoms. The van der Waals surface area contributed by atoms with Gasteiger partial charge in [0.05, 0.1) is 5.56 Å². The maximum atomic E-state index is 12.5. The Morgan fingerprint density at radius 2 is 1.70 bits per heavy atom. The molecule has 2 N–H and O–H groups in total. The zero-order chi connectivity index (χ0) is 14.8. The second-order valence-electron chi connectivity index (χ2n) is 4.44. The number of nitrogens with two attached hydrogens (primary N) is 1. The highest BCUT2D eigenvalue weighted by Crippen LogP contribution is 2.32.